The molecule has 0 saturated heterocycles. The number of furan rings is 1. The number of imidazole rings is 1. The molecule has 0 saturated carbocycles. The summed E-state index contributed by atoms with van der Waals surface area (Å²) in [5, 5.41) is 0. The zero-order valence-electron chi connectivity index (χ0n) is 13.2. The summed E-state index contributed by atoms with van der Waals surface area (Å²) < 4.78 is 12.1. The number of rotatable bonds is 5. The first kappa shape index (κ1) is 15.0. The van der Waals surface area contributed by atoms with Crippen LogP contribution in [0.1, 0.15) is 6.92 Å². The van der Waals surface area contributed by atoms with Crippen LogP contribution in [0.25, 0.3) is 22.6 Å². The van der Waals surface area contributed by atoms with Gasteiger partial charge in [0.1, 0.15) is 17.8 Å². The average Bonchev–Trinajstić information content (AvgIpc) is 3.16. The van der Waals surface area contributed by atoms with Gasteiger partial charge >= 0.3 is 5.97 Å². The zero-order valence-corrected chi connectivity index (χ0v) is 13.2. The van der Waals surface area contributed by atoms with Gasteiger partial charge in [0.05, 0.1) is 19.2 Å². The van der Waals surface area contributed by atoms with Crippen LogP contribution in [0, 0.1) is 0 Å². The molecule has 0 N–H and O–H groups in total. The SMILES string of the molecule is CCOC(=O)Cn1cnc2c(-c3ccco3)nc(N(C)C)nc21. The van der Waals surface area contributed by atoms with Crippen molar-refractivity contribution in [3.05, 3.63) is 24.7 Å². The highest BCUT2D eigenvalue weighted by Gasteiger charge is 2.18. The molecule has 0 fully saturated rings. The number of ether oxygens (including phenoxy) is 1. The number of fused-ring (bicyclic) bond motifs is 1. The minimum atomic E-state index is -0.337. The maximum atomic E-state index is 11.7. The van der Waals surface area contributed by atoms with Gasteiger partial charge in [0.25, 0.3) is 0 Å². The molecule has 0 unspecified atom stereocenters. The molecule has 0 atom stereocenters. The summed E-state index contributed by atoms with van der Waals surface area (Å²) in [6.45, 7) is 2.15. The topological polar surface area (TPSA) is 86.3 Å². The summed E-state index contributed by atoms with van der Waals surface area (Å²) in [6, 6.07) is 3.60. The smallest absolute Gasteiger partial charge is 0.326 e. The van der Waals surface area contributed by atoms with Crippen LogP contribution in [0.5, 0.6) is 0 Å². The van der Waals surface area contributed by atoms with E-state index in [2.05, 4.69) is 15.0 Å². The number of carbonyl (C=O) groups is 1. The third-order valence-electron chi connectivity index (χ3n) is 3.21. The van der Waals surface area contributed by atoms with Crippen LogP contribution >= 0.6 is 0 Å². The van der Waals surface area contributed by atoms with Crippen LogP contribution < -0.4 is 4.90 Å². The van der Waals surface area contributed by atoms with Crippen molar-refractivity contribution < 1.29 is 13.9 Å². The van der Waals surface area contributed by atoms with Crippen LogP contribution in [0.2, 0.25) is 0 Å². The molecule has 0 amide bonds. The normalized spacial score (nSPS) is 10.9. The highest BCUT2D eigenvalue weighted by Crippen LogP contribution is 2.27. The van der Waals surface area contributed by atoms with Gasteiger partial charge in [-0.1, -0.05) is 0 Å². The largest absolute Gasteiger partial charge is 0.465 e. The van der Waals surface area contributed by atoms with E-state index in [0.29, 0.717) is 35.2 Å². The fourth-order valence-corrected chi connectivity index (χ4v) is 2.18. The molecule has 0 radical (unpaired) electrons. The number of aromatic nitrogens is 4. The van der Waals surface area contributed by atoms with Gasteiger partial charge in [0.15, 0.2) is 11.4 Å². The number of nitrogens with zero attached hydrogens (tertiary/aromatic N) is 5. The summed E-state index contributed by atoms with van der Waals surface area (Å²) in [5.41, 5.74) is 1.73. The Kier molecular flexibility index (Phi) is 3.96. The summed E-state index contributed by atoms with van der Waals surface area (Å²) in [4.78, 5) is 26.9. The van der Waals surface area contributed by atoms with E-state index in [1.807, 2.05) is 20.2 Å². The average molecular weight is 315 g/mol. The summed E-state index contributed by atoms with van der Waals surface area (Å²) in [5.74, 6) is 0.771. The van der Waals surface area contributed by atoms with E-state index in [-0.39, 0.29) is 12.5 Å². The molecule has 23 heavy (non-hydrogen) atoms. The highest BCUT2D eigenvalue weighted by atomic mass is 16.5. The molecular formula is C15H17N5O3. The Balaban J connectivity index is 2.13. The molecule has 3 rings (SSSR count). The Labute approximate surface area is 132 Å². The number of hydrogen-bond donors (Lipinski definition) is 0. The van der Waals surface area contributed by atoms with Gasteiger partial charge in [-0.2, -0.15) is 4.98 Å². The molecule has 8 nitrogen and oxygen atoms in total. The first-order valence-corrected chi connectivity index (χ1v) is 7.20. The van der Waals surface area contributed by atoms with Crippen molar-refractivity contribution in [2.45, 2.75) is 13.5 Å². The second kappa shape index (κ2) is 6.07. The molecule has 120 valence electrons. The second-order valence-electron chi connectivity index (χ2n) is 5.09. The molecule has 3 aromatic heterocycles. The summed E-state index contributed by atoms with van der Waals surface area (Å²) in [7, 11) is 3.69. The van der Waals surface area contributed by atoms with Gasteiger partial charge in [0, 0.05) is 14.1 Å². The maximum absolute atomic E-state index is 11.7. The molecule has 0 aliphatic carbocycles. The lowest BCUT2D eigenvalue weighted by Gasteiger charge is -2.12. The van der Waals surface area contributed by atoms with Crippen molar-refractivity contribution in [3.63, 3.8) is 0 Å². The number of anilines is 1. The van der Waals surface area contributed by atoms with Crippen LogP contribution in [0.4, 0.5) is 5.95 Å². The molecule has 0 bridgehead atoms. The van der Waals surface area contributed by atoms with Gasteiger partial charge in [0.2, 0.25) is 5.95 Å². The predicted molar refractivity (Wildman–Crippen MR) is 84.0 cm³/mol. The van der Waals surface area contributed by atoms with Crippen molar-refractivity contribution in [1.82, 2.24) is 19.5 Å². The highest BCUT2D eigenvalue weighted by molar-refractivity contribution is 5.87. The number of carbonyl (C=O) groups excluding carboxylic acids is 1. The monoisotopic (exact) mass is 315 g/mol. The summed E-state index contributed by atoms with van der Waals surface area (Å²) >= 11 is 0. The van der Waals surface area contributed by atoms with Crippen molar-refractivity contribution >= 4 is 23.1 Å². The Morgan fingerprint density at radius 1 is 1.39 bits per heavy atom. The minimum Gasteiger partial charge on any atom is -0.465 e. The van der Waals surface area contributed by atoms with E-state index < -0.39 is 0 Å². The number of esters is 1. The fourth-order valence-electron chi connectivity index (χ4n) is 2.18. The third kappa shape index (κ3) is 2.87. The van der Waals surface area contributed by atoms with E-state index in [0.717, 1.165) is 0 Å². The Morgan fingerprint density at radius 2 is 2.22 bits per heavy atom. The Bertz CT molecular complexity index is 823. The van der Waals surface area contributed by atoms with E-state index in [9.17, 15) is 4.79 Å². The zero-order chi connectivity index (χ0) is 16.4. The van der Waals surface area contributed by atoms with E-state index in [4.69, 9.17) is 9.15 Å². The van der Waals surface area contributed by atoms with Crippen molar-refractivity contribution in [2.75, 3.05) is 25.6 Å². The third-order valence-corrected chi connectivity index (χ3v) is 3.21. The van der Waals surface area contributed by atoms with Crippen molar-refractivity contribution in [2.24, 2.45) is 0 Å². The molecule has 0 aromatic carbocycles. The van der Waals surface area contributed by atoms with Crippen molar-refractivity contribution in [1.29, 1.82) is 0 Å². The predicted octanol–water partition coefficient (Wildman–Crippen LogP) is 1.72. The fraction of sp³-hybridized carbons (Fsp3) is 0.333. The second-order valence-corrected chi connectivity index (χ2v) is 5.09. The van der Waals surface area contributed by atoms with Gasteiger partial charge in [-0.05, 0) is 19.1 Å². The maximum Gasteiger partial charge on any atom is 0.326 e. The van der Waals surface area contributed by atoms with Crippen LogP contribution in [0.3, 0.4) is 0 Å². The van der Waals surface area contributed by atoms with E-state index >= 15 is 0 Å². The number of hydrogen-bond acceptors (Lipinski definition) is 7. The van der Waals surface area contributed by atoms with E-state index in [1.165, 1.54) is 0 Å². The molecule has 3 aromatic rings. The van der Waals surface area contributed by atoms with Crippen LogP contribution in [-0.2, 0) is 16.1 Å². The Morgan fingerprint density at radius 3 is 2.87 bits per heavy atom. The van der Waals surface area contributed by atoms with Gasteiger partial charge in [-0.15, -0.1) is 0 Å². The molecule has 0 aliphatic heterocycles. The first-order chi connectivity index (χ1) is 11.1. The van der Waals surface area contributed by atoms with Crippen LogP contribution in [-0.4, -0.2) is 46.2 Å². The lowest BCUT2D eigenvalue weighted by atomic mass is 10.3. The van der Waals surface area contributed by atoms with Gasteiger partial charge < -0.3 is 18.6 Å². The van der Waals surface area contributed by atoms with Gasteiger partial charge in [-0.3, -0.25) is 4.79 Å². The van der Waals surface area contributed by atoms with Crippen molar-refractivity contribution in [3.8, 4) is 11.5 Å². The van der Waals surface area contributed by atoms with Gasteiger partial charge in [-0.25, -0.2) is 9.97 Å². The van der Waals surface area contributed by atoms with E-state index in [1.54, 1.807) is 35.0 Å². The molecular weight excluding hydrogens is 298 g/mol. The lowest BCUT2D eigenvalue weighted by molar-refractivity contribution is -0.143. The molecule has 8 heteroatoms. The first-order valence-electron chi connectivity index (χ1n) is 7.20. The van der Waals surface area contributed by atoms with Crippen LogP contribution in [0.15, 0.2) is 29.1 Å². The standard InChI is InChI=1S/C15H17N5O3/c1-4-22-11(21)8-20-9-16-13-12(10-6-5-7-23-10)17-15(19(2)3)18-14(13)20/h5-7,9H,4,8H2,1-3H3. The lowest BCUT2D eigenvalue weighted by Crippen LogP contribution is -2.16. The minimum absolute atomic E-state index is 0.0474. The Hall–Kier alpha value is -2.90. The molecule has 3 heterocycles. The summed E-state index contributed by atoms with van der Waals surface area (Å²) in [6.07, 6.45) is 3.14. The molecule has 0 aliphatic rings. The quantitative estimate of drug-likeness (QED) is 0.662. The molecule has 0 spiro atoms.